The second-order valence-electron chi connectivity index (χ2n) is 33.0. The van der Waals surface area contributed by atoms with Gasteiger partial charge in [-0.3, -0.25) is 47.9 Å². The molecule has 120 heavy (non-hydrogen) atoms. The first-order valence-electron chi connectivity index (χ1n) is 43.7. The molecule has 7 unspecified atom stereocenters. The van der Waals surface area contributed by atoms with Crippen LogP contribution in [0, 0.1) is 29.6 Å². The van der Waals surface area contributed by atoms with Crippen LogP contribution in [-0.4, -0.2) is 308 Å². The number of amides is 10. The molecule has 0 aromatic carbocycles. The van der Waals surface area contributed by atoms with Crippen LogP contribution in [-0.2, 0) is 90.6 Å². The van der Waals surface area contributed by atoms with Crippen LogP contribution in [0.5, 0.6) is 0 Å². The molecule has 3 heterocycles. The van der Waals surface area contributed by atoms with E-state index in [0.717, 1.165) is 36.5 Å². The largest absolute Gasteiger partial charge is 0.388 e. The summed E-state index contributed by atoms with van der Waals surface area (Å²) in [6, 6.07) is -4.54. The summed E-state index contributed by atoms with van der Waals surface area (Å²) in [5, 5.41) is 118. The van der Waals surface area contributed by atoms with Gasteiger partial charge >= 0.3 is 0 Å². The summed E-state index contributed by atoms with van der Waals surface area (Å²) < 4.78 is 50.9. The number of hydrogen-bond acceptors (Lipinski definition) is 29. The maximum Gasteiger partial charge on any atom is 0.237 e. The fraction of sp³-hybridized carbons (Fsp3) is 0.877. The van der Waals surface area contributed by atoms with E-state index in [0.29, 0.717) is 31.6 Å². The van der Waals surface area contributed by atoms with Gasteiger partial charge < -0.3 is 147 Å². The van der Waals surface area contributed by atoms with Crippen molar-refractivity contribution in [2.24, 2.45) is 35.3 Å². The quantitative estimate of drug-likeness (QED) is 0.0229. The highest BCUT2D eigenvalue weighted by Gasteiger charge is 2.48. The first kappa shape index (κ1) is 103. The molecule has 3 saturated carbocycles. The number of carbonyl (C=O) groups excluding carboxylic acids is 10. The van der Waals surface area contributed by atoms with Crippen molar-refractivity contribution in [3.8, 4) is 0 Å². The van der Waals surface area contributed by atoms with E-state index in [-0.39, 0.29) is 174 Å². The lowest BCUT2D eigenvalue weighted by molar-refractivity contribution is -0.315. The van der Waals surface area contributed by atoms with E-state index in [1.807, 2.05) is 0 Å². The Labute approximate surface area is 704 Å². The fourth-order valence-electron chi connectivity index (χ4n) is 16.5. The van der Waals surface area contributed by atoms with Crippen molar-refractivity contribution in [1.29, 1.82) is 0 Å². The van der Waals surface area contributed by atoms with Crippen molar-refractivity contribution in [2.45, 2.75) is 324 Å². The minimum absolute atomic E-state index is 0.0167. The van der Waals surface area contributed by atoms with E-state index in [9.17, 15) is 93.9 Å². The molecule has 0 aromatic rings. The second kappa shape index (κ2) is 56.7. The van der Waals surface area contributed by atoms with Gasteiger partial charge in [0.25, 0.3) is 0 Å². The number of carbonyl (C=O) groups is 10. The number of rotatable bonds is 53. The van der Waals surface area contributed by atoms with Crippen molar-refractivity contribution < 1.29 is 137 Å². The second-order valence-corrected chi connectivity index (χ2v) is 33.0. The van der Waals surface area contributed by atoms with E-state index >= 15 is 0 Å². The summed E-state index contributed by atoms with van der Waals surface area (Å²) >= 11 is 0. The van der Waals surface area contributed by atoms with Gasteiger partial charge in [-0.05, 0) is 87.4 Å². The normalized spacial score (nSPS) is 28.9. The lowest BCUT2D eigenvalue weighted by Gasteiger charge is -2.40. The fourth-order valence-corrected chi connectivity index (χ4v) is 16.5. The van der Waals surface area contributed by atoms with Gasteiger partial charge in [0.1, 0.15) is 60.3 Å². The summed E-state index contributed by atoms with van der Waals surface area (Å²) in [5.41, 5.74) is 5.22. The number of aliphatic hydroxyl groups excluding tert-OH is 9. The van der Waals surface area contributed by atoms with Gasteiger partial charge in [0.05, 0.1) is 65.5 Å². The van der Waals surface area contributed by atoms with Crippen LogP contribution in [0.2, 0.25) is 0 Å². The lowest BCUT2D eigenvalue weighted by Crippen LogP contribution is -2.63. The van der Waals surface area contributed by atoms with Gasteiger partial charge in [0, 0.05) is 98.6 Å². The molecule has 690 valence electrons. The van der Waals surface area contributed by atoms with Crippen molar-refractivity contribution in [3.63, 3.8) is 0 Å². The van der Waals surface area contributed by atoms with Crippen LogP contribution < -0.4 is 58.9 Å². The molecule has 3 aliphatic heterocycles. The molecule has 21 N–H and O–H groups in total. The summed E-state index contributed by atoms with van der Waals surface area (Å²) in [7, 11) is 0. The van der Waals surface area contributed by atoms with Crippen LogP contribution in [0.3, 0.4) is 0 Å². The predicted octanol–water partition coefficient (Wildman–Crippen LogP) is -2.12. The van der Waals surface area contributed by atoms with Gasteiger partial charge in [-0.1, -0.05) is 103 Å². The third-order valence-corrected chi connectivity index (χ3v) is 23.2. The molecule has 39 nitrogen and oxygen atoms in total. The van der Waals surface area contributed by atoms with Gasteiger partial charge in [-0.15, -0.1) is 0 Å². The minimum atomic E-state index is -1.78. The van der Waals surface area contributed by atoms with Crippen LogP contribution in [0.25, 0.3) is 0 Å². The zero-order chi connectivity index (χ0) is 87.4. The monoisotopic (exact) mass is 1720 g/mol. The predicted molar refractivity (Wildman–Crippen MR) is 429 cm³/mol. The molecule has 6 fully saturated rings. The van der Waals surface area contributed by atoms with Crippen LogP contribution >= 0.6 is 0 Å². The Hall–Kier alpha value is -6.06. The number of nitrogens with two attached hydrogens (primary N) is 1. The summed E-state index contributed by atoms with van der Waals surface area (Å²) in [6.07, 6.45) is 6.13. The van der Waals surface area contributed by atoms with Crippen molar-refractivity contribution >= 4 is 59.1 Å². The number of unbranched alkanes of at least 4 members (excludes halogenated alkanes) is 1. The summed E-state index contributed by atoms with van der Waals surface area (Å²) in [4.78, 5) is 127. The smallest absolute Gasteiger partial charge is 0.237 e. The van der Waals surface area contributed by atoms with E-state index in [1.54, 1.807) is 0 Å². The molecular weight excluding hydrogens is 1570 g/mol. The third-order valence-electron chi connectivity index (χ3n) is 23.2. The van der Waals surface area contributed by atoms with E-state index in [2.05, 4.69) is 53.2 Å². The topological polar surface area (TPSA) is 582 Å². The molecule has 3 aliphatic carbocycles. The summed E-state index contributed by atoms with van der Waals surface area (Å²) in [5.74, 6) is -0.421. The Morgan fingerprint density at radius 1 is 0.358 bits per heavy atom. The Kier molecular flexibility index (Phi) is 48.6. The highest BCUT2D eigenvalue weighted by Crippen LogP contribution is 2.44. The Bertz CT molecular complexity index is 2940. The molecule has 0 aromatic heterocycles. The lowest BCUT2D eigenvalue weighted by atomic mass is 9.79. The maximum atomic E-state index is 14.5. The molecular formula is C81H143N11O28. The molecule has 39 heteroatoms. The number of ether oxygens (including phenoxy) is 9. The maximum absolute atomic E-state index is 14.5. The summed E-state index contributed by atoms with van der Waals surface area (Å²) in [6.45, 7) is 2.83. The molecule has 0 bridgehead atoms. The van der Waals surface area contributed by atoms with Crippen LogP contribution in [0.4, 0.5) is 0 Å². The van der Waals surface area contributed by atoms with Crippen LogP contribution in [0.1, 0.15) is 220 Å². The van der Waals surface area contributed by atoms with Crippen molar-refractivity contribution in [2.75, 3.05) is 98.7 Å². The minimum Gasteiger partial charge on any atom is -0.388 e. The van der Waals surface area contributed by atoms with Crippen molar-refractivity contribution in [1.82, 2.24) is 53.2 Å². The zero-order valence-electron chi connectivity index (χ0n) is 70.5. The first-order chi connectivity index (χ1) is 57.5. The van der Waals surface area contributed by atoms with Gasteiger partial charge in [-0.25, -0.2) is 0 Å². The average molecular weight is 1720 g/mol. The Morgan fingerprint density at radius 2 is 0.675 bits per heavy atom. The standard InChI is InChI=1S/C81H143N11O28/c1-50(93)89-65-68(102)71(105)75(109)118-78(65)115-41-12-25-59(96)83-35-15-37-85-62(99)32-44-112-47-81(49-114-46-34-64(101)88-40-39-87-61(98)27-14-43-117-80-67(91-52(3)95)70(104)73(107)77(111)120-80,48-113-45-33-63(100)86-38-16-36-84-60(97)26-13-42-116-79-66(90-51(2)94)69(103)72(106)76(110)119-79)92-74(108)58(82)24-9-8-17-53-18-10-21-55(29-28-53)57-23-11-22-56(30-31-57)54-19-6-4-5-7-20-54/h53-58,65-73,75-80,102-107,109-111H,4-49,82H2,1-3H3,(H,83,96)(H,84,97)(H,85,99)(H,86,100)(H,87,98)(H,88,101)(H,89,93)(H,90,94)(H,91,95)(H,92,108)/t53?,55?,56?,57?,58-,65-,66-,67-,68-,69-,70-,71-,72-,73-,75+,76+,77+,78?,79?,80?,81?/m1/s1. The molecule has 3 saturated heterocycles. The highest BCUT2D eigenvalue weighted by molar-refractivity contribution is 5.82. The molecule has 0 spiro atoms. The van der Waals surface area contributed by atoms with Gasteiger partial charge in [-0.2, -0.15) is 0 Å². The van der Waals surface area contributed by atoms with E-state index < -0.39 is 145 Å². The van der Waals surface area contributed by atoms with E-state index in [1.165, 1.54) is 124 Å². The van der Waals surface area contributed by atoms with Gasteiger partial charge in [0.15, 0.2) is 37.7 Å². The Balaban J connectivity index is 1.01. The molecule has 6 aliphatic rings. The van der Waals surface area contributed by atoms with E-state index in [4.69, 9.17) is 48.4 Å². The molecule has 0 radical (unpaired) electrons. The van der Waals surface area contributed by atoms with Crippen LogP contribution in [0.15, 0.2) is 0 Å². The number of hydrogen-bond donors (Lipinski definition) is 20. The zero-order valence-corrected chi connectivity index (χ0v) is 70.5. The van der Waals surface area contributed by atoms with Crippen molar-refractivity contribution in [3.05, 3.63) is 0 Å². The van der Waals surface area contributed by atoms with Gasteiger partial charge in [0.2, 0.25) is 59.1 Å². The first-order valence-corrected chi connectivity index (χ1v) is 43.7. The molecule has 10 amide bonds. The Morgan fingerprint density at radius 3 is 1.03 bits per heavy atom. The average Bonchev–Trinajstić information content (AvgIpc) is 0.886. The SMILES string of the molecule is CC(=O)N[C@H]1C(OCCCC(=O)NCCCNC(=O)CCOCC(COCCC(=O)NCCCNC(=O)CCCOC2O[C@H](O)[C@H](O)[C@H](O)[C@H]2NC(C)=O)(COCCC(=O)NCCNC(=O)CCCOC2O[C@H](O)[C@H](O)[C@H](O)[C@H]2NC(C)=O)NC(=O)[C@H](N)CCCCC2CCCC(C3CCCC(C4CCCCCC4)CC3)CC2)O[C@H](O)[C@H](O)[C@@H]1O. The molecule has 6 rings (SSSR count). The highest BCUT2D eigenvalue weighted by atomic mass is 16.8. The third kappa shape index (κ3) is 38.6. The molecule has 20 atom stereocenters. The number of nitrogens with one attached hydrogen (secondary N) is 10. The number of aliphatic hydroxyl groups is 9.